The first kappa shape index (κ1) is 28.4. The molecule has 1 aromatic heterocycles. The number of benzene rings is 2. The second kappa shape index (κ2) is 12.1. The number of piperidine rings is 1. The Hall–Kier alpha value is -4.18. The Kier molecular flexibility index (Phi) is 8.39. The van der Waals surface area contributed by atoms with Crippen LogP contribution in [0.5, 0.6) is 11.5 Å². The fourth-order valence-corrected chi connectivity index (χ4v) is 5.38. The van der Waals surface area contributed by atoms with Gasteiger partial charge in [0, 0.05) is 37.7 Å². The van der Waals surface area contributed by atoms with Gasteiger partial charge in [-0.25, -0.2) is 0 Å². The number of rotatable bonds is 3. The van der Waals surface area contributed by atoms with E-state index >= 15 is 0 Å². The molecule has 3 amide bonds. The van der Waals surface area contributed by atoms with Crippen molar-refractivity contribution in [3.05, 3.63) is 76.2 Å². The molecule has 0 saturated carbocycles. The second-order valence-corrected chi connectivity index (χ2v) is 10.8. The number of ether oxygens (including phenoxy) is 2. The lowest BCUT2D eigenvalue weighted by molar-refractivity contribution is -0.137. The van der Waals surface area contributed by atoms with Crippen molar-refractivity contribution in [3.8, 4) is 11.5 Å². The van der Waals surface area contributed by atoms with Crippen LogP contribution in [0.4, 0.5) is 0 Å². The van der Waals surface area contributed by atoms with Crippen LogP contribution in [0.25, 0.3) is 0 Å². The number of hydrogen-bond acceptors (Lipinski definition) is 7. The first-order valence-electron chi connectivity index (χ1n) is 13.9. The van der Waals surface area contributed by atoms with E-state index in [1.165, 1.54) is 4.90 Å². The number of carbonyl (C=O) groups excluding carboxylic acids is 3. The molecule has 41 heavy (non-hydrogen) atoms. The maximum absolute atomic E-state index is 13.2. The highest BCUT2D eigenvalue weighted by atomic mass is 16.5. The fourth-order valence-electron chi connectivity index (χ4n) is 5.38. The van der Waals surface area contributed by atoms with Crippen molar-refractivity contribution < 1.29 is 28.4 Å². The molecule has 3 heterocycles. The van der Waals surface area contributed by atoms with E-state index in [1.807, 2.05) is 51.1 Å². The Morgan fingerprint density at radius 1 is 1.12 bits per heavy atom. The Balaban J connectivity index is 1.34. The van der Waals surface area contributed by atoms with Gasteiger partial charge >= 0.3 is 0 Å². The van der Waals surface area contributed by atoms with Gasteiger partial charge in [0.25, 0.3) is 5.91 Å². The number of fused-ring (bicyclic) bond motifs is 5. The van der Waals surface area contributed by atoms with Crippen molar-refractivity contribution in [2.45, 2.75) is 58.8 Å². The maximum Gasteiger partial charge on any atom is 0.254 e. The molecule has 0 aliphatic carbocycles. The van der Waals surface area contributed by atoms with Crippen molar-refractivity contribution >= 4 is 17.7 Å². The molecule has 0 spiro atoms. The number of amides is 3. The number of nitrogens with zero attached hydrogens (tertiary/aromatic N) is 3. The van der Waals surface area contributed by atoms with E-state index in [0.717, 1.165) is 28.1 Å². The van der Waals surface area contributed by atoms with Gasteiger partial charge in [0.2, 0.25) is 11.8 Å². The molecule has 2 aliphatic heterocycles. The Bertz CT molecular complexity index is 1430. The van der Waals surface area contributed by atoms with Crippen molar-refractivity contribution in [2.75, 3.05) is 26.7 Å². The first-order chi connectivity index (χ1) is 19.7. The third-order valence-corrected chi connectivity index (χ3v) is 7.77. The number of aryl methyl sites for hydroxylation is 3. The first-order valence-corrected chi connectivity index (χ1v) is 13.9. The summed E-state index contributed by atoms with van der Waals surface area (Å²) in [4.78, 5) is 42.6. The summed E-state index contributed by atoms with van der Waals surface area (Å²) in [6, 6.07) is 12.5. The second-order valence-electron chi connectivity index (χ2n) is 10.8. The molecule has 1 fully saturated rings. The van der Waals surface area contributed by atoms with Crippen LogP contribution in [0, 0.1) is 20.8 Å². The standard InChI is InChI=1S/C31H36N4O6/c1-19-8-9-23-15-28(19)40-24-7-5-6-22(14-24)18-39-27-12-13-35(16-26(27)32-29(36)17-34(4)31(23)38)30(37)11-10-25-20(2)33-41-21(25)3/h5-9,14-15,26-27H,10-13,16-18H2,1-4H3,(H,32,36)/t26-,27+/m0/s1. The smallest absolute Gasteiger partial charge is 0.254 e. The molecule has 2 atom stereocenters. The van der Waals surface area contributed by atoms with Gasteiger partial charge in [-0.2, -0.15) is 0 Å². The van der Waals surface area contributed by atoms with Crippen LogP contribution in [0.2, 0.25) is 0 Å². The van der Waals surface area contributed by atoms with E-state index in [4.69, 9.17) is 14.0 Å². The minimum absolute atomic E-state index is 0.00263. The summed E-state index contributed by atoms with van der Waals surface area (Å²) in [5.74, 6) is 1.33. The molecule has 2 aliphatic rings. The summed E-state index contributed by atoms with van der Waals surface area (Å²) < 4.78 is 17.7. The minimum atomic E-state index is -0.430. The zero-order valence-electron chi connectivity index (χ0n) is 23.9. The van der Waals surface area contributed by atoms with Crippen LogP contribution < -0.4 is 10.1 Å². The topological polar surface area (TPSA) is 114 Å². The van der Waals surface area contributed by atoms with E-state index < -0.39 is 6.04 Å². The normalized spacial score (nSPS) is 19.8. The summed E-state index contributed by atoms with van der Waals surface area (Å²) in [6.07, 6.45) is 1.12. The number of aromatic nitrogens is 1. The molecule has 1 N–H and O–H groups in total. The van der Waals surface area contributed by atoms with Crippen molar-refractivity contribution in [2.24, 2.45) is 0 Å². The molecule has 1 saturated heterocycles. The molecule has 3 aromatic rings. The van der Waals surface area contributed by atoms with E-state index in [0.29, 0.717) is 56.0 Å². The van der Waals surface area contributed by atoms with Gasteiger partial charge in [0.05, 0.1) is 31.0 Å². The van der Waals surface area contributed by atoms with E-state index in [1.54, 1.807) is 24.1 Å². The highest BCUT2D eigenvalue weighted by Gasteiger charge is 2.34. The van der Waals surface area contributed by atoms with Crippen LogP contribution in [-0.4, -0.2) is 71.5 Å². The highest BCUT2D eigenvalue weighted by molar-refractivity contribution is 5.96. The number of hydrogen-bond donors (Lipinski definition) is 1. The lowest BCUT2D eigenvalue weighted by atomic mass is 10.00. The quantitative estimate of drug-likeness (QED) is 0.519. The SMILES string of the molecule is Cc1ccc2cc1Oc1cccc(c1)CO[C@@H]1CCN(C(=O)CCc3c(C)noc3C)C[C@@H]1NC(=O)CN(C)C2=O. The summed E-state index contributed by atoms with van der Waals surface area (Å²) in [7, 11) is 1.59. The molecule has 5 rings (SSSR count). The average molecular weight is 561 g/mol. The Labute approximate surface area is 239 Å². The van der Waals surface area contributed by atoms with Crippen LogP contribution in [0.1, 0.15) is 51.3 Å². The number of nitrogens with one attached hydrogen (secondary N) is 1. The van der Waals surface area contributed by atoms with Gasteiger partial charge in [-0.15, -0.1) is 0 Å². The predicted octanol–water partition coefficient (Wildman–Crippen LogP) is 3.71. The van der Waals surface area contributed by atoms with Crippen molar-refractivity contribution in [1.82, 2.24) is 20.3 Å². The molecular weight excluding hydrogens is 524 g/mol. The van der Waals surface area contributed by atoms with Gasteiger partial charge < -0.3 is 29.1 Å². The van der Waals surface area contributed by atoms with Gasteiger partial charge in [-0.1, -0.05) is 23.4 Å². The van der Waals surface area contributed by atoms with Gasteiger partial charge in [-0.3, -0.25) is 14.4 Å². The number of carbonyl (C=O) groups is 3. The van der Waals surface area contributed by atoms with Crippen molar-refractivity contribution in [1.29, 1.82) is 0 Å². The molecule has 216 valence electrons. The summed E-state index contributed by atoms with van der Waals surface area (Å²) in [6.45, 7) is 6.66. The van der Waals surface area contributed by atoms with Gasteiger partial charge in [-0.05, 0) is 69.0 Å². The van der Waals surface area contributed by atoms with E-state index in [9.17, 15) is 14.4 Å². The summed E-state index contributed by atoms with van der Waals surface area (Å²) >= 11 is 0. The molecular formula is C31H36N4O6. The van der Waals surface area contributed by atoms with Crippen molar-refractivity contribution in [3.63, 3.8) is 0 Å². The van der Waals surface area contributed by atoms with Gasteiger partial charge in [0.15, 0.2) is 0 Å². The van der Waals surface area contributed by atoms with E-state index in [-0.39, 0.29) is 30.4 Å². The zero-order chi connectivity index (χ0) is 29.1. The average Bonchev–Trinajstić information content (AvgIpc) is 3.27. The molecule has 0 unspecified atom stereocenters. The number of likely N-dealkylation sites (tertiary alicyclic amines) is 1. The Morgan fingerprint density at radius 2 is 1.95 bits per heavy atom. The molecule has 10 heteroatoms. The lowest BCUT2D eigenvalue weighted by Gasteiger charge is -2.39. The van der Waals surface area contributed by atoms with E-state index in [2.05, 4.69) is 10.5 Å². The van der Waals surface area contributed by atoms with Gasteiger partial charge in [0.1, 0.15) is 17.3 Å². The third-order valence-electron chi connectivity index (χ3n) is 7.77. The zero-order valence-corrected chi connectivity index (χ0v) is 23.9. The summed E-state index contributed by atoms with van der Waals surface area (Å²) in [5.41, 5.74) is 3.98. The van der Waals surface area contributed by atoms with Crippen LogP contribution in [0.15, 0.2) is 47.0 Å². The Morgan fingerprint density at radius 3 is 2.73 bits per heavy atom. The molecule has 10 nitrogen and oxygen atoms in total. The van der Waals surface area contributed by atoms with Crippen LogP contribution in [0.3, 0.4) is 0 Å². The summed E-state index contributed by atoms with van der Waals surface area (Å²) in [5, 5.41) is 7.02. The minimum Gasteiger partial charge on any atom is -0.457 e. The number of likely N-dealkylation sites (N-methyl/N-ethyl adjacent to an activating group) is 1. The lowest BCUT2D eigenvalue weighted by Crippen LogP contribution is -2.58. The third kappa shape index (κ3) is 6.59. The molecule has 0 radical (unpaired) electrons. The molecule has 4 bridgehead atoms. The molecule has 2 aromatic carbocycles. The monoisotopic (exact) mass is 560 g/mol. The van der Waals surface area contributed by atoms with Crippen LogP contribution >= 0.6 is 0 Å². The van der Waals surface area contributed by atoms with Crippen LogP contribution in [-0.2, 0) is 27.4 Å². The largest absolute Gasteiger partial charge is 0.457 e. The predicted molar refractivity (Wildman–Crippen MR) is 151 cm³/mol. The fraction of sp³-hybridized carbons (Fsp3) is 0.419. The maximum atomic E-state index is 13.2. The highest BCUT2D eigenvalue weighted by Crippen LogP contribution is 2.28.